The van der Waals surface area contributed by atoms with Gasteiger partial charge >= 0.3 is 0 Å². The van der Waals surface area contributed by atoms with Crippen LogP contribution < -0.4 is 11.1 Å². The summed E-state index contributed by atoms with van der Waals surface area (Å²) in [6, 6.07) is 4.04. The topological polar surface area (TPSA) is 71.2 Å². The Labute approximate surface area is 108 Å². The summed E-state index contributed by atoms with van der Waals surface area (Å²) in [6.07, 6.45) is 3.47. The highest BCUT2D eigenvalue weighted by molar-refractivity contribution is 5.78. The van der Waals surface area contributed by atoms with E-state index < -0.39 is 0 Å². The van der Waals surface area contributed by atoms with Crippen LogP contribution in [0.4, 0.5) is 0 Å². The first-order valence-corrected chi connectivity index (χ1v) is 6.14. The molecule has 5 heteroatoms. The van der Waals surface area contributed by atoms with Gasteiger partial charge in [0.1, 0.15) is 0 Å². The maximum Gasteiger partial charge on any atom is 0.234 e. The lowest BCUT2D eigenvalue weighted by atomic mass is 10.1. The molecule has 0 aliphatic carbocycles. The second-order valence-electron chi connectivity index (χ2n) is 4.67. The maximum absolute atomic E-state index is 11.7. The first-order valence-electron chi connectivity index (χ1n) is 6.14. The van der Waals surface area contributed by atoms with Crippen LogP contribution in [0.5, 0.6) is 0 Å². The molecule has 0 spiro atoms. The second-order valence-corrected chi connectivity index (χ2v) is 4.67. The van der Waals surface area contributed by atoms with Crippen molar-refractivity contribution in [3.8, 4) is 0 Å². The molecule has 1 heterocycles. The van der Waals surface area contributed by atoms with Gasteiger partial charge < -0.3 is 11.1 Å². The number of nitrogens with one attached hydrogen (secondary N) is 1. The number of pyridine rings is 1. The van der Waals surface area contributed by atoms with Crippen molar-refractivity contribution in [2.45, 2.75) is 25.9 Å². The predicted molar refractivity (Wildman–Crippen MR) is 71.9 cm³/mol. The van der Waals surface area contributed by atoms with E-state index in [9.17, 15) is 4.79 Å². The SMILES string of the molecule is CC(C)NC(=O)CN(C)C(CN)c1ccncc1. The van der Waals surface area contributed by atoms with Crippen molar-refractivity contribution < 1.29 is 4.79 Å². The van der Waals surface area contributed by atoms with Crippen molar-refractivity contribution in [1.82, 2.24) is 15.2 Å². The third-order valence-corrected chi connectivity index (χ3v) is 2.69. The number of carbonyl (C=O) groups excluding carboxylic acids is 1. The zero-order chi connectivity index (χ0) is 13.5. The minimum absolute atomic E-state index is 0.0139. The van der Waals surface area contributed by atoms with E-state index in [4.69, 9.17) is 5.73 Å². The smallest absolute Gasteiger partial charge is 0.234 e. The highest BCUT2D eigenvalue weighted by Gasteiger charge is 2.17. The lowest BCUT2D eigenvalue weighted by Crippen LogP contribution is -2.41. The molecule has 1 amide bonds. The molecule has 1 aromatic rings. The first-order chi connectivity index (χ1) is 8.54. The van der Waals surface area contributed by atoms with Crippen LogP contribution in [-0.2, 0) is 4.79 Å². The standard InChI is InChI=1S/C13H22N4O/c1-10(2)16-13(18)9-17(3)12(8-14)11-4-6-15-7-5-11/h4-7,10,12H,8-9,14H2,1-3H3,(H,16,18). The fourth-order valence-electron chi connectivity index (χ4n) is 1.86. The van der Waals surface area contributed by atoms with Crippen LogP contribution in [0, 0.1) is 0 Å². The molecule has 1 unspecified atom stereocenters. The van der Waals surface area contributed by atoms with Gasteiger partial charge in [0.2, 0.25) is 5.91 Å². The molecule has 0 saturated carbocycles. The fraction of sp³-hybridized carbons (Fsp3) is 0.538. The number of nitrogens with zero attached hydrogens (tertiary/aromatic N) is 2. The van der Waals surface area contributed by atoms with Crippen molar-refractivity contribution >= 4 is 5.91 Å². The van der Waals surface area contributed by atoms with Crippen LogP contribution in [0.1, 0.15) is 25.5 Å². The van der Waals surface area contributed by atoms with Crippen molar-refractivity contribution in [1.29, 1.82) is 0 Å². The number of aromatic nitrogens is 1. The minimum Gasteiger partial charge on any atom is -0.353 e. The molecular formula is C13H22N4O. The van der Waals surface area contributed by atoms with E-state index >= 15 is 0 Å². The van der Waals surface area contributed by atoms with E-state index in [1.807, 2.05) is 37.9 Å². The Bertz CT molecular complexity index is 367. The molecular weight excluding hydrogens is 228 g/mol. The van der Waals surface area contributed by atoms with Crippen molar-refractivity contribution in [2.75, 3.05) is 20.1 Å². The molecule has 0 bridgehead atoms. The number of rotatable bonds is 6. The number of hydrogen-bond acceptors (Lipinski definition) is 4. The molecule has 0 radical (unpaired) electrons. The molecule has 100 valence electrons. The average Bonchev–Trinajstić information content (AvgIpc) is 2.29. The zero-order valence-corrected chi connectivity index (χ0v) is 11.3. The van der Waals surface area contributed by atoms with Gasteiger partial charge in [-0.05, 0) is 38.6 Å². The summed E-state index contributed by atoms with van der Waals surface area (Å²) < 4.78 is 0. The summed E-state index contributed by atoms with van der Waals surface area (Å²) in [4.78, 5) is 17.6. The van der Waals surface area contributed by atoms with Gasteiger partial charge in [0.15, 0.2) is 0 Å². The summed E-state index contributed by atoms with van der Waals surface area (Å²) in [5.74, 6) is 0.0139. The van der Waals surface area contributed by atoms with E-state index in [0.717, 1.165) is 5.56 Å². The van der Waals surface area contributed by atoms with Crippen molar-refractivity contribution in [3.63, 3.8) is 0 Å². The van der Waals surface area contributed by atoms with E-state index in [1.54, 1.807) is 12.4 Å². The molecule has 0 aliphatic rings. The van der Waals surface area contributed by atoms with Gasteiger partial charge in [-0.25, -0.2) is 0 Å². The minimum atomic E-state index is 0.0139. The van der Waals surface area contributed by atoms with Crippen LogP contribution >= 0.6 is 0 Å². The van der Waals surface area contributed by atoms with Crippen molar-refractivity contribution in [2.24, 2.45) is 5.73 Å². The van der Waals surface area contributed by atoms with E-state index in [-0.39, 0.29) is 18.0 Å². The summed E-state index contributed by atoms with van der Waals surface area (Å²) in [6.45, 7) is 4.69. The molecule has 0 aromatic carbocycles. The summed E-state index contributed by atoms with van der Waals surface area (Å²) in [5, 5.41) is 2.87. The Morgan fingerprint density at radius 1 is 1.44 bits per heavy atom. The summed E-state index contributed by atoms with van der Waals surface area (Å²) >= 11 is 0. The lowest BCUT2D eigenvalue weighted by Gasteiger charge is -2.27. The predicted octanol–water partition coefficient (Wildman–Crippen LogP) is 0.538. The maximum atomic E-state index is 11.7. The Morgan fingerprint density at radius 3 is 2.56 bits per heavy atom. The number of likely N-dealkylation sites (N-methyl/N-ethyl adjacent to an activating group) is 1. The highest BCUT2D eigenvalue weighted by Crippen LogP contribution is 2.16. The molecule has 0 aliphatic heterocycles. The monoisotopic (exact) mass is 250 g/mol. The van der Waals surface area contributed by atoms with Crippen LogP contribution in [0.25, 0.3) is 0 Å². The molecule has 3 N–H and O–H groups in total. The molecule has 0 saturated heterocycles. The highest BCUT2D eigenvalue weighted by atomic mass is 16.2. The first kappa shape index (κ1) is 14.6. The van der Waals surface area contributed by atoms with E-state index in [2.05, 4.69) is 10.3 Å². The zero-order valence-electron chi connectivity index (χ0n) is 11.3. The molecule has 0 fully saturated rings. The molecule has 18 heavy (non-hydrogen) atoms. The number of amides is 1. The Kier molecular flexibility index (Phi) is 5.74. The third kappa shape index (κ3) is 4.43. The largest absolute Gasteiger partial charge is 0.353 e. The van der Waals surface area contributed by atoms with Crippen LogP contribution in [0.15, 0.2) is 24.5 Å². The number of hydrogen-bond donors (Lipinski definition) is 2. The van der Waals surface area contributed by atoms with Gasteiger partial charge in [-0.1, -0.05) is 0 Å². The summed E-state index contributed by atoms with van der Waals surface area (Å²) in [7, 11) is 1.90. The Hall–Kier alpha value is -1.46. The van der Waals surface area contributed by atoms with E-state index in [0.29, 0.717) is 13.1 Å². The average molecular weight is 250 g/mol. The van der Waals surface area contributed by atoms with Gasteiger partial charge in [0.05, 0.1) is 6.54 Å². The second kappa shape index (κ2) is 7.08. The Morgan fingerprint density at radius 2 is 2.06 bits per heavy atom. The molecule has 1 rings (SSSR count). The summed E-state index contributed by atoms with van der Waals surface area (Å²) in [5.41, 5.74) is 6.87. The van der Waals surface area contributed by atoms with Crippen LogP contribution in [0.2, 0.25) is 0 Å². The van der Waals surface area contributed by atoms with Gasteiger partial charge in [-0.2, -0.15) is 0 Å². The van der Waals surface area contributed by atoms with Gasteiger partial charge in [-0.15, -0.1) is 0 Å². The van der Waals surface area contributed by atoms with Crippen molar-refractivity contribution in [3.05, 3.63) is 30.1 Å². The normalized spacial score (nSPS) is 12.8. The Balaban J connectivity index is 2.63. The van der Waals surface area contributed by atoms with Crippen LogP contribution in [-0.4, -0.2) is 42.0 Å². The fourth-order valence-corrected chi connectivity index (χ4v) is 1.86. The molecule has 5 nitrogen and oxygen atoms in total. The van der Waals surface area contributed by atoms with Gasteiger partial charge in [0, 0.05) is 31.0 Å². The van der Waals surface area contributed by atoms with Gasteiger partial charge in [-0.3, -0.25) is 14.7 Å². The lowest BCUT2D eigenvalue weighted by molar-refractivity contribution is -0.122. The van der Waals surface area contributed by atoms with Crippen LogP contribution in [0.3, 0.4) is 0 Å². The van der Waals surface area contributed by atoms with E-state index in [1.165, 1.54) is 0 Å². The number of nitrogens with two attached hydrogens (primary N) is 1. The molecule has 1 aromatic heterocycles. The quantitative estimate of drug-likeness (QED) is 0.773. The third-order valence-electron chi connectivity index (χ3n) is 2.69. The van der Waals surface area contributed by atoms with Gasteiger partial charge in [0.25, 0.3) is 0 Å². The molecule has 1 atom stereocenters. The number of carbonyl (C=O) groups is 1.